The molecule has 0 spiro atoms. The van der Waals surface area contributed by atoms with Crippen molar-refractivity contribution in [3.63, 3.8) is 0 Å². The Kier molecular flexibility index (Phi) is 3.84. The number of rotatable bonds is 4. The molecule has 0 aromatic heterocycles. The van der Waals surface area contributed by atoms with Crippen molar-refractivity contribution in [2.75, 3.05) is 12.4 Å². The van der Waals surface area contributed by atoms with Crippen LogP contribution in [0.1, 0.15) is 25.3 Å². The fraction of sp³-hybridized carbons (Fsp3) is 0.316. The van der Waals surface area contributed by atoms with Crippen LogP contribution in [0.3, 0.4) is 0 Å². The molecule has 0 radical (unpaired) electrons. The Morgan fingerprint density at radius 1 is 1.17 bits per heavy atom. The minimum atomic E-state index is -0.464. The summed E-state index contributed by atoms with van der Waals surface area (Å²) in [6.45, 7) is 4.13. The minimum Gasteiger partial charge on any atom is -0.497 e. The zero-order valence-corrected chi connectivity index (χ0v) is 13.5. The summed E-state index contributed by atoms with van der Waals surface area (Å²) in [7, 11) is 1.51. The third-order valence-corrected chi connectivity index (χ3v) is 4.70. The zero-order chi connectivity index (χ0) is 16.6. The van der Waals surface area contributed by atoms with E-state index in [-0.39, 0.29) is 28.8 Å². The highest BCUT2D eigenvalue weighted by molar-refractivity contribution is 5.96. The maximum absolute atomic E-state index is 13.9. The van der Waals surface area contributed by atoms with Crippen LogP contribution >= 0.6 is 0 Å². The van der Waals surface area contributed by atoms with Crippen LogP contribution in [0.5, 0.6) is 5.75 Å². The van der Waals surface area contributed by atoms with Crippen molar-refractivity contribution in [1.82, 2.24) is 0 Å². The lowest BCUT2D eigenvalue weighted by Gasteiger charge is -2.09. The van der Waals surface area contributed by atoms with Gasteiger partial charge in [0.1, 0.15) is 11.6 Å². The van der Waals surface area contributed by atoms with E-state index in [4.69, 9.17) is 4.74 Å². The van der Waals surface area contributed by atoms with E-state index >= 15 is 0 Å². The van der Waals surface area contributed by atoms with E-state index in [1.165, 1.54) is 25.3 Å². The van der Waals surface area contributed by atoms with E-state index < -0.39 is 5.82 Å². The first-order valence-electron chi connectivity index (χ1n) is 7.64. The summed E-state index contributed by atoms with van der Waals surface area (Å²) in [4.78, 5) is 12.6. The van der Waals surface area contributed by atoms with Crippen molar-refractivity contribution in [2.24, 2.45) is 11.3 Å². The topological polar surface area (TPSA) is 38.3 Å². The predicted octanol–water partition coefficient (Wildman–Crippen LogP) is 4.21. The molecule has 1 fully saturated rings. The van der Waals surface area contributed by atoms with E-state index in [2.05, 4.69) is 19.2 Å². The molecule has 2 aromatic carbocycles. The highest BCUT2D eigenvalue weighted by Crippen LogP contribution is 2.64. The molecule has 1 saturated carbocycles. The number of ether oxygens (including phenoxy) is 1. The summed E-state index contributed by atoms with van der Waals surface area (Å²) in [5.74, 6) is -0.130. The molecule has 0 bridgehead atoms. The molecule has 3 nitrogen and oxygen atoms in total. The monoisotopic (exact) mass is 313 g/mol. The molecule has 2 aromatic rings. The van der Waals surface area contributed by atoms with Crippen LogP contribution < -0.4 is 10.1 Å². The molecule has 3 rings (SSSR count). The Labute approximate surface area is 135 Å². The molecule has 0 aliphatic heterocycles. The Morgan fingerprint density at radius 2 is 1.87 bits per heavy atom. The second kappa shape index (κ2) is 5.69. The van der Waals surface area contributed by atoms with Crippen molar-refractivity contribution in [2.45, 2.75) is 19.8 Å². The molecule has 1 aliphatic carbocycles. The quantitative estimate of drug-likeness (QED) is 0.918. The van der Waals surface area contributed by atoms with Crippen molar-refractivity contribution in [3.8, 4) is 5.75 Å². The van der Waals surface area contributed by atoms with Gasteiger partial charge in [-0.25, -0.2) is 4.39 Å². The van der Waals surface area contributed by atoms with E-state index in [0.29, 0.717) is 5.75 Å². The lowest BCUT2D eigenvalue weighted by Crippen LogP contribution is -2.17. The first-order chi connectivity index (χ1) is 10.9. The van der Waals surface area contributed by atoms with Gasteiger partial charge in [0.15, 0.2) is 0 Å². The molecule has 23 heavy (non-hydrogen) atoms. The van der Waals surface area contributed by atoms with Gasteiger partial charge in [-0.3, -0.25) is 4.79 Å². The molecule has 0 heterocycles. The number of anilines is 1. The molecular formula is C19H20FNO2. The Morgan fingerprint density at radius 3 is 2.52 bits per heavy atom. The number of nitrogens with one attached hydrogen (secondary N) is 1. The average molecular weight is 313 g/mol. The molecule has 4 heteroatoms. The number of carbonyl (C=O) groups is 1. The largest absolute Gasteiger partial charge is 0.497 e. The van der Waals surface area contributed by atoms with Crippen LogP contribution in [-0.2, 0) is 4.79 Å². The molecule has 1 aliphatic rings. The molecule has 1 amide bonds. The van der Waals surface area contributed by atoms with Crippen LogP contribution in [-0.4, -0.2) is 13.0 Å². The minimum absolute atomic E-state index is 0.138. The van der Waals surface area contributed by atoms with Crippen LogP contribution in [0.15, 0.2) is 48.5 Å². The van der Waals surface area contributed by atoms with Crippen molar-refractivity contribution in [3.05, 3.63) is 59.9 Å². The van der Waals surface area contributed by atoms with Gasteiger partial charge in [0.05, 0.1) is 18.7 Å². The van der Waals surface area contributed by atoms with Crippen LogP contribution in [0, 0.1) is 17.2 Å². The SMILES string of the molecule is COc1ccc(F)c(NC(=O)[C@H]2[C@H](c3ccccc3)C2(C)C)c1. The smallest absolute Gasteiger partial charge is 0.228 e. The fourth-order valence-electron chi connectivity index (χ4n) is 3.35. The standard InChI is InChI=1S/C19H20FNO2/c1-19(2)16(12-7-5-4-6-8-12)17(19)18(22)21-15-11-13(23-3)9-10-14(15)20/h4-11,16-17H,1-3H3,(H,21,22)/t16-,17+/m0/s1. The summed E-state index contributed by atoms with van der Waals surface area (Å²) >= 11 is 0. The normalized spacial score (nSPS) is 21.6. The van der Waals surface area contributed by atoms with Crippen LogP contribution in [0.2, 0.25) is 0 Å². The van der Waals surface area contributed by atoms with Gasteiger partial charge >= 0.3 is 0 Å². The summed E-state index contributed by atoms with van der Waals surface area (Å²) in [5, 5.41) is 2.71. The highest BCUT2D eigenvalue weighted by atomic mass is 19.1. The summed E-state index contributed by atoms with van der Waals surface area (Å²) < 4.78 is 19.0. The van der Waals surface area contributed by atoms with Gasteiger partial charge in [-0.2, -0.15) is 0 Å². The second-order valence-electron chi connectivity index (χ2n) is 6.52. The zero-order valence-electron chi connectivity index (χ0n) is 13.5. The van der Waals surface area contributed by atoms with Crippen LogP contribution in [0.25, 0.3) is 0 Å². The average Bonchev–Trinajstić information content (AvgIpc) is 3.13. The first kappa shape index (κ1) is 15.5. The lowest BCUT2D eigenvalue weighted by atomic mass is 10.0. The van der Waals surface area contributed by atoms with Gasteiger partial charge in [0.25, 0.3) is 0 Å². The van der Waals surface area contributed by atoms with Gasteiger partial charge < -0.3 is 10.1 Å². The lowest BCUT2D eigenvalue weighted by molar-refractivity contribution is -0.118. The second-order valence-corrected chi connectivity index (χ2v) is 6.52. The molecular weight excluding hydrogens is 293 g/mol. The molecule has 2 atom stereocenters. The summed E-state index contributed by atoms with van der Waals surface area (Å²) in [5.41, 5.74) is 1.16. The molecule has 0 saturated heterocycles. The number of halogens is 1. The van der Waals surface area contributed by atoms with Gasteiger partial charge in [-0.1, -0.05) is 44.2 Å². The van der Waals surface area contributed by atoms with Gasteiger partial charge in [0, 0.05) is 12.0 Å². The Bertz CT molecular complexity index is 727. The van der Waals surface area contributed by atoms with Crippen LogP contribution in [0.4, 0.5) is 10.1 Å². The third kappa shape index (κ3) is 2.81. The van der Waals surface area contributed by atoms with Crippen molar-refractivity contribution < 1.29 is 13.9 Å². The van der Waals surface area contributed by atoms with Crippen molar-refractivity contribution in [1.29, 1.82) is 0 Å². The fourth-order valence-corrected chi connectivity index (χ4v) is 3.35. The number of benzene rings is 2. The summed E-state index contributed by atoms with van der Waals surface area (Å²) in [6.07, 6.45) is 0. The number of amides is 1. The third-order valence-electron chi connectivity index (χ3n) is 4.70. The maximum atomic E-state index is 13.9. The number of hydrogen-bond acceptors (Lipinski definition) is 2. The van der Waals surface area contributed by atoms with E-state index in [9.17, 15) is 9.18 Å². The Hall–Kier alpha value is -2.36. The molecule has 120 valence electrons. The summed E-state index contributed by atoms with van der Waals surface area (Å²) in [6, 6.07) is 14.3. The van der Waals surface area contributed by atoms with Gasteiger partial charge in [-0.15, -0.1) is 0 Å². The van der Waals surface area contributed by atoms with E-state index in [1.807, 2.05) is 30.3 Å². The van der Waals surface area contributed by atoms with Gasteiger partial charge in [0.2, 0.25) is 5.91 Å². The Balaban J connectivity index is 1.79. The van der Waals surface area contributed by atoms with Gasteiger partial charge in [-0.05, 0) is 23.1 Å². The van der Waals surface area contributed by atoms with Crippen molar-refractivity contribution >= 4 is 11.6 Å². The number of carbonyl (C=O) groups excluding carboxylic acids is 1. The van der Waals surface area contributed by atoms with E-state index in [0.717, 1.165) is 5.56 Å². The predicted molar refractivity (Wildman–Crippen MR) is 88.0 cm³/mol. The first-order valence-corrected chi connectivity index (χ1v) is 7.64. The van der Waals surface area contributed by atoms with E-state index in [1.54, 1.807) is 0 Å². The number of methoxy groups -OCH3 is 1. The molecule has 1 N–H and O–H groups in total. The highest BCUT2D eigenvalue weighted by Gasteiger charge is 2.62. The number of hydrogen-bond donors (Lipinski definition) is 1. The molecule has 0 unspecified atom stereocenters. The maximum Gasteiger partial charge on any atom is 0.228 e.